The van der Waals surface area contributed by atoms with Gasteiger partial charge in [-0.1, -0.05) is 19.1 Å². The largest absolute Gasteiger partial charge is 0.497 e. The topological polar surface area (TPSA) is 21.3 Å². The SMILES string of the molecule is CCNC(Cc1ccc(F)cc1)C1=CCCCO1. The van der Waals surface area contributed by atoms with Gasteiger partial charge in [-0.15, -0.1) is 0 Å². The van der Waals surface area contributed by atoms with Crippen LogP contribution in [0.15, 0.2) is 36.1 Å². The Balaban J connectivity index is 2.05. The summed E-state index contributed by atoms with van der Waals surface area (Å²) in [5.74, 6) is 0.847. The number of ether oxygens (including phenoxy) is 1. The van der Waals surface area contributed by atoms with Crippen LogP contribution in [0, 0.1) is 5.82 Å². The molecule has 1 aromatic carbocycles. The first-order chi connectivity index (χ1) is 8.79. The molecule has 98 valence electrons. The second kappa shape index (κ2) is 6.55. The molecule has 2 rings (SSSR count). The molecule has 3 heteroatoms. The van der Waals surface area contributed by atoms with Crippen molar-refractivity contribution in [2.24, 2.45) is 0 Å². The molecule has 0 fully saturated rings. The zero-order valence-electron chi connectivity index (χ0n) is 10.8. The minimum absolute atomic E-state index is 0.188. The lowest BCUT2D eigenvalue weighted by molar-refractivity contribution is 0.167. The van der Waals surface area contributed by atoms with Crippen molar-refractivity contribution in [3.63, 3.8) is 0 Å². The number of halogens is 1. The highest BCUT2D eigenvalue weighted by atomic mass is 19.1. The molecule has 1 heterocycles. The molecule has 18 heavy (non-hydrogen) atoms. The summed E-state index contributed by atoms with van der Waals surface area (Å²) < 4.78 is 18.6. The van der Waals surface area contributed by atoms with Crippen LogP contribution >= 0.6 is 0 Å². The molecule has 1 atom stereocenters. The molecule has 0 aromatic heterocycles. The van der Waals surface area contributed by atoms with E-state index < -0.39 is 0 Å². The van der Waals surface area contributed by atoms with E-state index in [4.69, 9.17) is 4.74 Å². The van der Waals surface area contributed by atoms with Crippen LogP contribution in [0.3, 0.4) is 0 Å². The maximum atomic E-state index is 12.9. The molecule has 1 aliphatic heterocycles. The van der Waals surface area contributed by atoms with Crippen LogP contribution in [-0.2, 0) is 11.2 Å². The second-order valence-electron chi connectivity index (χ2n) is 4.54. The van der Waals surface area contributed by atoms with Gasteiger partial charge < -0.3 is 10.1 Å². The minimum atomic E-state index is -0.188. The Morgan fingerprint density at radius 2 is 2.11 bits per heavy atom. The van der Waals surface area contributed by atoms with E-state index in [2.05, 4.69) is 18.3 Å². The van der Waals surface area contributed by atoms with Crippen molar-refractivity contribution in [1.82, 2.24) is 5.32 Å². The van der Waals surface area contributed by atoms with E-state index >= 15 is 0 Å². The van der Waals surface area contributed by atoms with Crippen LogP contribution in [0.2, 0.25) is 0 Å². The summed E-state index contributed by atoms with van der Waals surface area (Å²) in [6.45, 7) is 3.78. The monoisotopic (exact) mass is 249 g/mol. The van der Waals surface area contributed by atoms with E-state index in [1.54, 1.807) is 0 Å². The summed E-state index contributed by atoms with van der Waals surface area (Å²) in [4.78, 5) is 0. The van der Waals surface area contributed by atoms with Gasteiger partial charge in [0.15, 0.2) is 0 Å². The van der Waals surface area contributed by atoms with Gasteiger partial charge in [0, 0.05) is 0 Å². The van der Waals surface area contributed by atoms with Crippen molar-refractivity contribution in [2.75, 3.05) is 13.2 Å². The lowest BCUT2D eigenvalue weighted by Crippen LogP contribution is -2.34. The Morgan fingerprint density at radius 3 is 2.72 bits per heavy atom. The molecule has 0 amide bonds. The predicted octanol–water partition coefficient (Wildman–Crippen LogP) is 3.04. The summed E-state index contributed by atoms with van der Waals surface area (Å²) in [6, 6.07) is 6.88. The number of allylic oxidation sites excluding steroid dienone is 1. The van der Waals surface area contributed by atoms with Crippen LogP contribution in [0.25, 0.3) is 0 Å². The van der Waals surface area contributed by atoms with Crippen molar-refractivity contribution < 1.29 is 9.13 Å². The molecule has 0 saturated carbocycles. The van der Waals surface area contributed by atoms with Crippen LogP contribution in [-0.4, -0.2) is 19.2 Å². The van der Waals surface area contributed by atoms with Crippen molar-refractivity contribution in [2.45, 2.75) is 32.2 Å². The van der Waals surface area contributed by atoms with Crippen LogP contribution in [0.4, 0.5) is 4.39 Å². The zero-order valence-corrected chi connectivity index (χ0v) is 10.8. The zero-order chi connectivity index (χ0) is 12.8. The van der Waals surface area contributed by atoms with E-state index in [1.807, 2.05) is 12.1 Å². The average molecular weight is 249 g/mol. The molecule has 1 N–H and O–H groups in total. The van der Waals surface area contributed by atoms with E-state index in [0.29, 0.717) is 0 Å². The predicted molar refractivity (Wildman–Crippen MR) is 70.8 cm³/mol. The fourth-order valence-electron chi connectivity index (χ4n) is 2.20. The molecular formula is C15H20FNO. The van der Waals surface area contributed by atoms with Gasteiger partial charge >= 0.3 is 0 Å². The first-order valence-electron chi connectivity index (χ1n) is 6.60. The summed E-state index contributed by atoms with van der Waals surface area (Å²) in [5, 5.41) is 3.43. The number of hydrogen-bond acceptors (Lipinski definition) is 2. The van der Waals surface area contributed by atoms with Gasteiger partial charge in [-0.05, 0) is 49.6 Å². The van der Waals surface area contributed by atoms with Gasteiger partial charge in [0.2, 0.25) is 0 Å². The third kappa shape index (κ3) is 3.57. The fraction of sp³-hybridized carbons (Fsp3) is 0.467. The van der Waals surface area contributed by atoms with Crippen molar-refractivity contribution >= 4 is 0 Å². The smallest absolute Gasteiger partial charge is 0.123 e. The first kappa shape index (κ1) is 13.1. The van der Waals surface area contributed by atoms with Gasteiger partial charge in [-0.25, -0.2) is 4.39 Å². The minimum Gasteiger partial charge on any atom is -0.497 e. The number of benzene rings is 1. The van der Waals surface area contributed by atoms with Gasteiger partial charge in [0.25, 0.3) is 0 Å². The Bertz CT molecular complexity index is 399. The van der Waals surface area contributed by atoms with Crippen LogP contribution in [0.1, 0.15) is 25.3 Å². The fourth-order valence-corrected chi connectivity index (χ4v) is 2.20. The number of nitrogens with one attached hydrogen (secondary N) is 1. The highest BCUT2D eigenvalue weighted by Gasteiger charge is 2.17. The van der Waals surface area contributed by atoms with E-state index in [0.717, 1.165) is 43.7 Å². The number of likely N-dealkylation sites (N-methyl/N-ethyl adjacent to an activating group) is 1. The maximum Gasteiger partial charge on any atom is 0.123 e. The summed E-state index contributed by atoms with van der Waals surface area (Å²) >= 11 is 0. The molecule has 1 unspecified atom stereocenters. The van der Waals surface area contributed by atoms with E-state index in [1.165, 1.54) is 12.1 Å². The lowest BCUT2D eigenvalue weighted by atomic mass is 10.0. The molecular weight excluding hydrogens is 229 g/mol. The second-order valence-corrected chi connectivity index (χ2v) is 4.54. The van der Waals surface area contributed by atoms with Crippen molar-refractivity contribution in [3.05, 3.63) is 47.5 Å². The van der Waals surface area contributed by atoms with Crippen LogP contribution in [0.5, 0.6) is 0 Å². The van der Waals surface area contributed by atoms with Gasteiger partial charge in [0.1, 0.15) is 11.6 Å². The molecule has 2 nitrogen and oxygen atoms in total. The van der Waals surface area contributed by atoms with Crippen molar-refractivity contribution in [1.29, 1.82) is 0 Å². The lowest BCUT2D eigenvalue weighted by Gasteiger charge is -2.24. The molecule has 0 aliphatic carbocycles. The Labute approximate surface area is 108 Å². The molecule has 0 bridgehead atoms. The summed E-state index contributed by atoms with van der Waals surface area (Å²) in [6.07, 6.45) is 5.18. The van der Waals surface area contributed by atoms with E-state index in [-0.39, 0.29) is 11.9 Å². The molecule has 0 saturated heterocycles. The first-order valence-corrected chi connectivity index (χ1v) is 6.60. The molecule has 1 aliphatic rings. The molecule has 0 spiro atoms. The Kier molecular flexibility index (Phi) is 4.76. The van der Waals surface area contributed by atoms with Gasteiger partial charge in [-0.3, -0.25) is 0 Å². The van der Waals surface area contributed by atoms with Gasteiger partial charge in [0.05, 0.1) is 12.6 Å². The average Bonchev–Trinajstić information content (AvgIpc) is 2.42. The highest BCUT2D eigenvalue weighted by Crippen LogP contribution is 2.17. The summed E-state index contributed by atoms with van der Waals surface area (Å²) in [7, 11) is 0. The summed E-state index contributed by atoms with van der Waals surface area (Å²) in [5.41, 5.74) is 1.12. The normalized spacial score (nSPS) is 16.9. The van der Waals surface area contributed by atoms with Crippen LogP contribution < -0.4 is 5.32 Å². The number of rotatable bonds is 5. The molecule has 0 radical (unpaired) electrons. The van der Waals surface area contributed by atoms with Gasteiger partial charge in [-0.2, -0.15) is 0 Å². The third-order valence-corrected chi connectivity index (χ3v) is 3.11. The Morgan fingerprint density at radius 1 is 1.33 bits per heavy atom. The molecule has 1 aromatic rings. The maximum absolute atomic E-state index is 12.9. The van der Waals surface area contributed by atoms with E-state index in [9.17, 15) is 4.39 Å². The van der Waals surface area contributed by atoms with Crippen molar-refractivity contribution in [3.8, 4) is 0 Å². The standard InChI is InChI=1S/C15H20FNO/c1-2-17-14(15-5-3-4-10-18-15)11-12-6-8-13(16)9-7-12/h5-9,14,17H,2-4,10-11H2,1H3. The Hall–Kier alpha value is -1.35. The third-order valence-electron chi connectivity index (χ3n) is 3.11. The quantitative estimate of drug-likeness (QED) is 0.866. The highest BCUT2D eigenvalue weighted by molar-refractivity contribution is 5.20. The number of hydrogen-bond donors (Lipinski definition) is 1.